The van der Waals surface area contributed by atoms with Gasteiger partial charge in [0.1, 0.15) is 0 Å². The smallest absolute Gasteiger partial charge is 0.251 e. The number of hydrogen-bond acceptors (Lipinski definition) is 4. The van der Waals surface area contributed by atoms with Crippen LogP contribution in [0, 0.1) is 5.92 Å². The minimum atomic E-state index is -3.56. The average molecular weight is 351 g/mol. The summed E-state index contributed by atoms with van der Waals surface area (Å²) in [7, 11) is -3.56. The molecule has 2 aliphatic carbocycles. The van der Waals surface area contributed by atoms with Gasteiger partial charge in [-0.1, -0.05) is 6.07 Å². The van der Waals surface area contributed by atoms with Crippen molar-refractivity contribution in [2.75, 3.05) is 6.54 Å². The first-order valence-electron chi connectivity index (χ1n) is 8.60. The normalized spacial score (nSPS) is 24.5. The maximum atomic E-state index is 12.4. The molecule has 0 unspecified atom stereocenters. The lowest BCUT2D eigenvalue weighted by molar-refractivity contribution is 0.0925. The van der Waals surface area contributed by atoms with Gasteiger partial charge >= 0.3 is 0 Å². The van der Waals surface area contributed by atoms with Gasteiger partial charge in [-0.25, -0.2) is 13.1 Å². The molecule has 1 aromatic rings. The molecule has 2 aliphatic rings. The number of hydrogen-bond donors (Lipinski definition) is 3. The lowest BCUT2D eigenvalue weighted by Gasteiger charge is -2.26. The van der Waals surface area contributed by atoms with Gasteiger partial charge in [0.05, 0.1) is 4.90 Å². The maximum absolute atomic E-state index is 12.4. The molecule has 6 nitrogen and oxygen atoms in total. The van der Waals surface area contributed by atoms with Crippen LogP contribution in [0.15, 0.2) is 29.2 Å². The van der Waals surface area contributed by atoms with Crippen molar-refractivity contribution in [3.05, 3.63) is 29.8 Å². The highest BCUT2D eigenvalue weighted by Gasteiger charge is 2.25. The molecule has 0 spiro atoms. The van der Waals surface area contributed by atoms with Gasteiger partial charge in [-0.2, -0.15) is 0 Å². The van der Waals surface area contributed by atoms with Crippen LogP contribution in [0.1, 0.15) is 48.9 Å². The van der Waals surface area contributed by atoms with Crippen LogP contribution < -0.4 is 15.8 Å². The molecule has 0 aromatic heterocycles. The van der Waals surface area contributed by atoms with Crippen molar-refractivity contribution in [2.24, 2.45) is 11.7 Å². The zero-order chi connectivity index (χ0) is 17.2. The van der Waals surface area contributed by atoms with Crippen LogP contribution in [0.4, 0.5) is 0 Å². The van der Waals surface area contributed by atoms with E-state index in [-0.39, 0.29) is 22.9 Å². The van der Waals surface area contributed by atoms with Crippen LogP contribution in [-0.2, 0) is 10.0 Å². The summed E-state index contributed by atoms with van der Waals surface area (Å²) in [5.74, 6) is 0.235. The fourth-order valence-corrected chi connectivity index (χ4v) is 4.13. The third-order valence-electron chi connectivity index (χ3n) is 4.77. The molecule has 2 fully saturated rings. The minimum absolute atomic E-state index is 0.116. The van der Waals surface area contributed by atoms with E-state index in [1.54, 1.807) is 12.1 Å². The molecule has 1 amide bonds. The topological polar surface area (TPSA) is 101 Å². The summed E-state index contributed by atoms with van der Waals surface area (Å²) in [5, 5.41) is 2.98. The van der Waals surface area contributed by atoms with Crippen molar-refractivity contribution in [3.63, 3.8) is 0 Å². The van der Waals surface area contributed by atoms with Crippen LogP contribution in [0.3, 0.4) is 0 Å². The Balaban J connectivity index is 1.64. The molecule has 1 aromatic carbocycles. The minimum Gasteiger partial charge on any atom is -0.349 e. The Morgan fingerprint density at radius 3 is 2.50 bits per heavy atom. The number of sulfonamides is 1. The van der Waals surface area contributed by atoms with E-state index in [1.807, 2.05) is 0 Å². The molecular formula is C17H25N3O3S. The maximum Gasteiger partial charge on any atom is 0.251 e. The Morgan fingerprint density at radius 2 is 1.83 bits per heavy atom. The summed E-state index contributed by atoms with van der Waals surface area (Å²) in [6.07, 6.45) is 5.71. The van der Waals surface area contributed by atoms with Crippen molar-refractivity contribution < 1.29 is 13.2 Å². The van der Waals surface area contributed by atoms with Crippen molar-refractivity contribution >= 4 is 15.9 Å². The predicted molar refractivity (Wildman–Crippen MR) is 92.1 cm³/mol. The van der Waals surface area contributed by atoms with Gasteiger partial charge in [-0.15, -0.1) is 0 Å². The summed E-state index contributed by atoms with van der Waals surface area (Å²) in [6, 6.07) is 6.56. The van der Waals surface area contributed by atoms with Gasteiger partial charge in [-0.05, 0) is 62.6 Å². The van der Waals surface area contributed by atoms with E-state index in [4.69, 9.17) is 5.73 Å². The van der Waals surface area contributed by atoms with Gasteiger partial charge < -0.3 is 11.1 Å². The molecule has 2 saturated carbocycles. The molecule has 0 radical (unpaired) electrons. The average Bonchev–Trinajstić information content (AvgIpc) is 3.40. The standard InChI is InChI=1S/C17H25N3O3S/c18-14-6-8-15(9-7-14)20-17(21)13-2-1-3-16(10-13)24(22,23)19-11-12-4-5-12/h1-3,10,12,14-15,19H,4-9,11,18H2,(H,20,21). The van der Waals surface area contributed by atoms with E-state index in [9.17, 15) is 13.2 Å². The van der Waals surface area contributed by atoms with Crippen molar-refractivity contribution in [2.45, 2.75) is 55.5 Å². The van der Waals surface area contributed by atoms with Gasteiger partial charge in [0.2, 0.25) is 10.0 Å². The number of rotatable bonds is 6. The van der Waals surface area contributed by atoms with Crippen molar-refractivity contribution in [3.8, 4) is 0 Å². The number of carbonyl (C=O) groups is 1. The fourth-order valence-electron chi connectivity index (χ4n) is 2.97. The second-order valence-electron chi connectivity index (χ2n) is 6.91. The number of carbonyl (C=O) groups excluding carboxylic acids is 1. The van der Waals surface area contributed by atoms with Crippen LogP contribution in [0.5, 0.6) is 0 Å². The number of benzene rings is 1. The van der Waals surface area contributed by atoms with Crippen LogP contribution in [0.2, 0.25) is 0 Å². The third kappa shape index (κ3) is 4.55. The second kappa shape index (κ2) is 7.21. The highest BCUT2D eigenvalue weighted by molar-refractivity contribution is 7.89. The van der Waals surface area contributed by atoms with E-state index < -0.39 is 10.0 Å². The van der Waals surface area contributed by atoms with E-state index in [2.05, 4.69) is 10.0 Å². The molecule has 3 rings (SSSR count). The second-order valence-corrected chi connectivity index (χ2v) is 8.68. The molecule has 0 aliphatic heterocycles. The molecule has 4 N–H and O–H groups in total. The van der Waals surface area contributed by atoms with Crippen LogP contribution in [-0.4, -0.2) is 33.0 Å². The zero-order valence-corrected chi connectivity index (χ0v) is 14.5. The summed E-state index contributed by atoms with van der Waals surface area (Å²) in [5.41, 5.74) is 6.25. The van der Waals surface area contributed by atoms with E-state index in [1.165, 1.54) is 12.1 Å². The quantitative estimate of drug-likeness (QED) is 0.720. The first-order valence-corrected chi connectivity index (χ1v) is 10.1. The Hall–Kier alpha value is -1.44. The summed E-state index contributed by atoms with van der Waals surface area (Å²) >= 11 is 0. The van der Waals surface area contributed by atoms with Crippen LogP contribution in [0.25, 0.3) is 0 Å². The molecule has 0 atom stereocenters. The largest absolute Gasteiger partial charge is 0.349 e. The zero-order valence-electron chi connectivity index (χ0n) is 13.7. The van der Waals surface area contributed by atoms with Gasteiger partial charge in [-0.3, -0.25) is 4.79 Å². The predicted octanol–water partition coefficient (Wildman–Crippen LogP) is 1.37. The van der Waals surface area contributed by atoms with Crippen molar-refractivity contribution in [1.29, 1.82) is 0 Å². The molecule has 24 heavy (non-hydrogen) atoms. The Morgan fingerprint density at radius 1 is 1.12 bits per heavy atom. The number of nitrogens with one attached hydrogen (secondary N) is 2. The highest BCUT2D eigenvalue weighted by Crippen LogP contribution is 2.28. The number of amides is 1. The Labute approximate surface area is 143 Å². The molecule has 0 saturated heterocycles. The molecule has 0 heterocycles. The SMILES string of the molecule is NC1CCC(NC(=O)c2cccc(S(=O)(=O)NCC3CC3)c2)CC1. The lowest BCUT2D eigenvalue weighted by atomic mass is 9.91. The van der Waals surface area contributed by atoms with Gasteiger partial charge in [0, 0.05) is 24.2 Å². The first-order chi connectivity index (χ1) is 11.4. The lowest BCUT2D eigenvalue weighted by Crippen LogP contribution is -2.40. The third-order valence-corrected chi connectivity index (χ3v) is 6.19. The van der Waals surface area contributed by atoms with Crippen molar-refractivity contribution in [1.82, 2.24) is 10.0 Å². The van der Waals surface area contributed by atoms with Gasteiger partial charge in [0.15, 0.2) is 0 Å². The molecule has 132 valence electrons. The summed E-state index contributed by atoms with van der Waals surface area (Å²) < 4.78 is 27.2. The van der Waals surface area contributed by atoms with Gasteiger partial charge in [0.25, 0.3) is 5.91 Å². The first kappa shape index (κ1) is 17.4. The monoisotopic (exact) mass is 351 g/mol. The number of nitrogens with two attached hydrogens (primary N) is 1. The summed E-state index contributed by atoms with van der Waals surface area (Å²) in [6.45, 7) is 0.473. The van der Waals surface area contributed by atoms with E-state index >= 15 is 0 Å². The Bertz CT molecular complexity index is 693. The van der Waals surface area contributed by atoms with E-state index in [0.29, 0.717) is 18.0 Å². The highest BCUT2D eigenvalue weighted by atomic mass is 32.2. The molecular weight excluding hydrogens is 326 g/mol. The van der Waals surface area contributed by atoms with Crippen LogP contribution >= 0.6 is 0 Å². The molecule has 0 bridgehead atoms. The van der Waals surface area contributed by atoms with E-state index in [0.717, 1.165) is 38.5 Å². The summed E-state index contributed by atoms with van der Waals surface area (Å²) in [4.78, 5) is 12.5. The Kier molecular flexibility index (Phi) is 5.22. The molecule has 7 heteroatoms. The fraction of sp³-hybridized carbons (Fsp3) is 0.588.